The van der Waals surface area contributed by atoms with Gasteiger partial charge in [0, 0.05) is 6.04 Å². The third-order valence-corrected chi connectivity index (χ3v) is 4.54. The predicted octanol–water partition coefficient (Wildman–Crippen LogP) is 6.86. The molecule has 1 N–H and O–H groups in total. The molecular formula is C20H43N. The maximum absolute atomic E-state index is 3.62. The van der Waals surface area contributed by atoms with Crippen LogP contribution in [0.1, 0.15) is 117 Å². The molecule has 0 radical (unpaired) electrons. The standard InChI is InChI=1S/C20H43N/c1-4-7-8-9-10-11-12-13-14-15-16-17-19-20(18-5-2)21-6-3/h20-21H,4-19H2,1-3H3. The summed E-state index contributed by atoms with van der Waals surface area (Å²) in [7, 11) is 0. The van der Waals surface area contributed by atoms with Gasteiger partial charge in [0.2, 0.25) is 0 Å². The van der Waals surface area contributed by atoms with Crippen LogP contribution in [0.3, 0.4) is 0 Å². The lowest BCUT2D eigenvalue weighted by molar-refractivity contribution is 0.434. The first-order valence-electron chi connectivity index (χ1n) is 10.1. The first-order chi connectivity index (χ1) is 10.3. The Labute approximate surface area is 135 Å². The van der Waals surface area contributed by atoms with E-state index in [-0.39, 0.29) is 0 Å². The summed E-state index contributed by atoms with van der Waals surface area (Å²) >= 11 is 0. The number of hydrogen-bond donors (Lipinski definition) is 1. The van der Waals surface area contributed by atoms with Gasteiger partial charge in [-0.25, -0.2) is 0 Å². The van der Waals surface area contributed by atoms with Crippen LogP contribution in [0.15, 0.2) is 0 Å². The van der Waals surface area contributed by atoms with Crippen LogP contribution in [0.4, 0.5) is 0 Å². The Kier molecular flexibility index (Phi) is 18.0. The first-order valence-corrected chi connectivity index (χ1v) is 10.1. The highest BCUT2D eigenvalue weighted by atomic mass is 14.9. The molecular weight excluding hydrogens is 254 g/mol. The Morgan fingerprint density at radius 2 is 1.00 bits per heavy atom. The van der Waals surface area contributed by atoms with Crippen LogP contribution in [0, 0.1) is 0 Å². The van der Waals surface area contributed by atoms with Gasteiger partial charge in [0.1, 0.15) is 0 Å². The molecule has 21 heavy (non-hydrogen) atoms. The monoisotopic (exact) mass is 297 g/mol. The van der Waals surface area contributed by atoms with Gasteiger partial charge in [-0.2, -0.15) is 0 Å². The van der Waals surface area contributed by atoms with Gasteiger partial charge < -0.3 is 5.32 Å². The largest absolute Gasteiger partial charge is 0.314 e. The topological polar surface area (TPSA) is 12.0 Å². The lowest BCUT2D eigenvalue weighted by atomic mass is 10.0. The molecule has 0 bridgehead atoms. The normalized spacial score (nSPS) is 12.7. The van der Waals surface area contributed by atoms with Gasteiger partial charge in [-0.1, -0.05) is 104 Å². The van der Waals surface area contributed by atoms with Crippen LogP contribution < -0.4 is 5.32 Å². The van der Waals surface area contributed by atoms with Crippen molar-refractivity contribution in [1.29, 1.82) is 0 Å². The zero-order chi connectivity index (χ0) is 15.6. The summed E-state index contributed by atoms with van der Waals surface area (Å²) in [4.78, 5) is 0. The fourth-order valence-corrected chi connectivity index (χ4v) is 3.22. The Morgan fingerprint density at radius 3 is 1.43 bits per heavy atom. The van der Waals surface area contributed by atoms with E-state index in [9.17, 15) is 0 Å². The second-order valence-corrected chi connectivity index (χ2v) is 6.72. The van der Waals surface area contributed by atoms with E-state index in [0.29, 0.717) is 0 Å². The zero-order valence-electron chi connectivity index (χ0n) is 15.4. The van der Waals surface area contributed by atoms with Crippen molar-refractivity contribution in [2.24, 2.45) is 0 Å². The summed E-state index contributed by atoms with van der Waals surface area (Å²) in [5.74, 6) is 0. The van der Waals surface area contributed by atoms with E-state index in [0.717, 1.165) is 12.6 Å². The number of unbranched alkanes of at least 4 members (excludes halogenated alkanes) is 11. The van der Waals surface area contributed by atoms with Crippen molar-refractivity contribution in [2.45, 2.75) is 123 Å². The molecule has 0 aromatic rings. The Bertz CT molecular complexity index is 173. The van der Waals surface area contributed by atoms with Crippen molar-refractivity contribution in [2.75, 3.05) is 6.54 Å². The van der Waals surface area contributed by atoms with Gasteiger partial charge in [-0.05, 0) is 19.4 Å². The Morgan fingerprint density at radius 1 is 0.524 bits per heavy atom. The molecule has 0 spiro atoms. The second-order valence-electron chi connectivity index (χ2n) is 6.72. The molecule has 0 aromatic heterocycles. The molecule has 1 heteroatoms. The maximum Gasteiger partial charge on any atom is 0.00668 e. The highest BCUT2D eigenvalue weighted by Gasteiger charge is 2.04. The van der Waals surface area contributed by atoms with E-state index in [4.69, 9.17) is 0 Å². The van der Waals surface area contributed by atoms with Gasteiger partial charge in [0.15, 0.2) is 0 Å². The van der Waals surface area contributed by atoms with Gasteiger partial charge in [-0.3, -0.25) is 0 Å². The molecule has 1 nitrogen and oxygen atoms in total. The molecule has 0 heterocycles. The summed E-state index contributed by atoms with van der Waals surface area (Å²) in [6.07, 6.45) is 21.5. The quantitative estimate of drug-likeness (QED) is 0.289. The van der Waals surface area contributed by atoms with Gasteiger partial charge >= 0.3 is 0 Å². The molecule has 0 fully saturated rings. The molecule has 0 saturated heterocycles. The number of rotatable bonds is 17. The maximum atomic E-state index is 3.62. The van der Waals surface area contributed by atoms with E-state index < -0.39 is 0 Å². The molecule has 0 aliphatic carbocycles. The number of nitrogens with one attached hydrogen (secondary N) is 1. The van der Waals surface area contributed by atoms with Crippen molar-refractivity contribution in [3.05, 3.63) is 0 Å². The minimum atomic E-state index is 0.781. The van der Waals surface area contributed by atoms with E-state index in [1.165, 1.54) is 96.3 Å². The Balaban J connectivity index is 3.17. The summed E-state index contributed by atoms with van der Waals surface area (Å²) in [6.45, 7) is 7.95. The van der Waals surface area contributed by atoms with Crippen molar-refractivity contribution in [3.8, 4) is 0 Å². The molecule has 0 rings (SSSR count). The van der Waals surface area contributed by atoms with Crippen molar-refractivity contribution in [3.63, 3.8) is 0 Å². The average Bonchev–Trinajstić information content (AvgIpc) is 2.48. The summed E-state index contributed by atoms with van der Waals surface area (Å²) in [5, 5.41) is 3.62. The summed E-state index contributed by atoms with van der Waals surface area (Å²) in [6, 6.07) is 0.781. The minimum Gasteiger partial charge on any atom is -0.314 e. The molecule has 1 unspecified atom stereocenters. The minimum absolute atomic E-state index is 0.781. The zero-order valence-corrected chi connectivity index (χ0v) is 15.4. The van der Waals surface area contributed by atoms with Crippen LogP contribution >= 0.6 is 0 Å². The Hall–Kier alpha value is -0.0400. The third kappa shape index (κ3) is 16.2. The molecule has 1 atom stereocenters. The fraction of sp³-hybridized carbons (Fsp3) is 1.00. The highest BCUT2D eigenvalue weighted by molar-refractivity contribution is 4.65. The van der Waals surface area contributed by atoms with Crippen LogP contribution in [0.25, 0.3) is 0 Å². The lowest BCUT2D eigenvalue weighted by Crippen LogP contribution is -2.28. The third-order valence-electron chi connectivity index (χ3n) is 4.54. The first kappa shape index (κ1) is 21.0. The molecule has 0 aromatic carbocycles. The van der Waals surface area contributed by atoms with Gasteiger partial charge in [0.05, 0.1) is 0 Å². The van der Waals surface area contributed by atoms with E-state index in [1.807, 2.05) is 0 Å². The highest BCUT2D eigenvalue weighted by Crippen LogP contribution is 2.14. The van der Waals surface area contributed by atoms with Crippen LogP contribution in [-0.2, 0) is 0 Å². The smallest absolute Gasteiger partial charge is 0.00668 e. The second kappa shape index (κ2) is 18.0. The van der Waals surface area contributed by atoms with Gasteiger partial charge in [0.25, 0.3) is 0 Å². The predicted molar refractivity (Wildman–Crippen MR) is 98.1 cm³/mol. The summed E-state index contributed by atoms with van der Waals surface area (Å²) < 4.78 is 0. The van der Waals surface area contributed by atoms with E-state index >= 15 is 0 Å². The SMILES string of the molecule is CCCCCCCCCCCCCCC(CCC)NCC. The molecule has 128 valence electrons. The summed E-state index contributed by atoms with van der Waals surface area (Å²) in [5.41, 5.74) is 0. The van der Waals surface area contributed by atoms with Crippen LogP contribution in [0.5, 0.6) is 0 Å². The van der Waals surface area contributed by atoms with Crippen molar-refractivity contribution in [1.82, 2.24) is 5.32 Å². The van der Waals surface area contributed by atoms with Gasteiger partial charge in [-0.15, -0.1) is 0 Å². The fourth-order valence-electron chi connectivity index (χ4n) is 3.22. The van der Waals surface area contributed by atoms with E-state index in [1.54, 1.807) is 0 Å². The van der Waals surface area contributed by atoms with Crippen LogP contribution in [-0.4, -0.2) is 12.6 Å². The number of hydrogen-bond acceptors (Lipinski definition) is 1. The average molecular weight is 298 g/mol. The van der Waals surface area contributed by atoms with E-state index in [2.05, 4.69) is 26.1 Å². The molecule has 0 amide bonds. The molecule has 0 saturated carbocycles. The van der Waals surface area contributed by atoms with Crippen molar-refractivity contribution >= 4 is 0 Å². The molecule has 0 aliphatic rings. The van der Waals surface area contributed by atoms with Crippen LogP contribution in [0.2, 0.25) is 0 Å². The lowest BCUT2D eigenvalue weighted by Gasteiger charge is -2.16. The van der Waals surface area contributed by atoms with Crippen molar-refractivity contribution < 1.29 is 0 Å². The molecule has 0 aliphatic heterocycles.